The van der Waals surface area contributed by atoms with E-state index in [1.807, 2.05) is 24.0 Å². The molecule has 1 saturated heterocycles. The van der Waals surface area contributed by atoms with Crippen LogP contribution in [0.4, 0.5) is 4.39 Å². The molecule has 1 N–H and O–H groups in total. The third kappa shape index (κ3) is 3.25. The molecule has 0 aromatic carbocycles. The lowest BCUT2D eigenvalue weighted by molar-refractivity contribution is 0.0164. The summed E-state index contributed by atoms with van der Waals surface area (Å²) >= 11 is 0. The fourth-order valence-corrected chi connectivity index (χ4v) is 4.14. The highest BCUT2D eigenvalue weighted by Gasteiger charge is 2.28. The van der Waals surface area contributed by atoms with Crippen molar-refractivity contribution in [2.24, 2.45) is 4.99 Å². The number of aliphatic imine (C=N–C) groups is 1. The van der Waals surface area contributed by atoms with Crippen LogP contribution in [0.15, 0.2) is 39.8 Å². The van der Waals surface area contributed by atoms with Gasteiger partial charge >= 0.3 is 0 Å². The molecular formula is C21H25FN4O2. The lowest BCUT2D eigenvalue weighted by Crippen LogP contribution is -2.48. The number of likely N-dealkylation sites (tertiary alicyclic amines) is 1. The molecule has 7 heteroatoms. The van der Waals surface area contributed by atoms with Crippen LogP contribution in [0.2, 0.25) is 0 Å². The van der Waals surface area contributed by atoms with Crippen molar-refractivity contribution in [2.75, 3.05) is 26.3 Å². The molecule has 148 valence electrons. The van der Waals surface area contributed by atoms with Crippen LogP contribution in [0.25, 0.3) is 17.7 Å². The summed E-state index contributed by atoms with van der Waals surface area (Å²) in [6.45, 7) is 3.66. The quantitative estimate of drug-likeness (QED) is 0.814. The fourth-order valence-electron chi connectivity index (χ4n) is 4.14. The van der Waals surface area contributed by atoms with Crippen LogP contribution >= 0.6 is 0 Å². The minimum atomic E-state index is -0.684. The van der Waals surface area contributed by atoms with Gasteiger partial charge in [-0.3, -0.25) is 14.7 Å². The molecule has 1 unspecified atom stereocenters. The van der Waals surface area contributed by atoms with Gasteiger partial charge in [-0.1, -0.05) is 12.2 Å². The molecule has 0 aliphatic carbocycles. The number of dihydropyridines is 1. The van der Waals surface area contributed by atoms with Gasteiger partial charge in [-0.25, -0.2) is 4.39 Å². The molecule has 1 fully saturated rings. The van der Waals surface area contributed by atoms with Gasteiger partial charge in [0.25, 0.3) is 5.56 Å². The van der Waals surface area contributed by atoms with E-state index in [1.165, 1.54) is 11.6 Å². The first-order valence-electron chi connectivity index (χ1n) is 9.71. The van der Waals surface area contributed by atoms with E-state index >= 15 is 0 Å². The molecule has 4 rings (SSSR count). The molecule has 2 aromatic heterocycles. The van der Waals surface area contributed by atoms with Gasteiger partial charge in [-0.05, 0) is 37.1 Å². The molecule has 0 bridgehead atoms. The Morgan fingerprint density at radius 1 is 1.36 bits per heavy atom. The molecule has 2 aliphatic heterocycles. The first-order chi connectivity index (χ1) is 13.6. The zero-order valence-electron chi connectivity index (χ0n) is 16.0. The maximum Gasteiger partial charge on any atom is 0.275 e. The van der Waals surface area contributed by atoms with E-state index in [9.17, 15) is 14.3 Å². The van der Waals surface area contributed by atoms with E-state index in [1.54, 1.807) is 21.2 Å². The molecule has 4 heterocycles. The van der Waals surface area contributed by atoms with E-state index in [-0.39, 0.29) is 5.56 Å². The number of rotatable bonds is 5. The van der Waals surface area contributed by atoms with Crippen molar-refractivity contribution >= 4 is 23.4 Å². The number of alkyl halides is 1. The Morgan fingerprint density at radius 2 is 2.21 bits per heavy atom. The van der Waals surface area contributed by atoms with E-state index < -0.39 is 12.9 Å². The Balaban J connectivity index is 1.63. The van der Waals surface area contributed by atoms with Crippen LogP contribution in [-0.4, -0.2) is 57.2 Å². The van der Waals surface area contributed by atoms with Gasteiger partial charge in [-0.2, -0.15) is 0 Å². The summed E-state index contributed by atoms with van der Waals surface area (Å²) in [7, 11) is 0. The largest absolute Gasteiger partial charge is 0.378 e. The van der Waals surface area contributed by atoms with Crippen LogP contribution in [0.5, 0.6) is 0 Å². The number of halogens is 1. The highest BCUT2D eigenvalue weighted by atomic mass is 19.1. The number of aliphatic hydroxyl groups excluding tert-OH is 1. The Bertz CT molecular complexity index is 1100. The number of aromatic nitrogens is 2. The normalized spacial score (nSPS) is 19.8. The number of aliphatic hydroxyl groups is 1. The molecule has 0 radical (unpaired) electrons. The van der Waals surface area contributed by atoms with Crippen molar-refractivity contribution in [3.05, 3.63) is 51.0 Å². The predicted molar refractivity (Wildman–Crippen MR) is 109 cm³/mol. The Labute approximate surface area is 162 Å². The Morgan fingerprint density at radius 3 is 2.96 bits per heavy atom. The molecule has 28 heavy (non-hydrogen) atoms. The number of hydrogen-bond donors (Lipinski definition) is 1. The average molecular weight is 384 g/mol. The summed E-state index contributed by atoms with van der Waals surface area (Å²) in [6, 6.07) is 3.57. The van der Waals surface area contributed by atoms with Gasteiger partial charge in [0.15, 0.2) is 0 Å². The van der Waals surface area contributed by atoms with Crippen LogP contribution < -0.4 is 16.3 Å². The third-order valence-corrected chi connectivity index (χ3v) is 5.52. The SMILES string of the molecule is C/C=c1\c(=C/CF)n(CCC(O)N2CC3=CCCN=C3C2)c(=O)c2cccn12. The standard InChI is InChI=1S/C21H25FN4O2/c1-2-17-18(7-9-22)26(21(28)19-6-4-11-25(17)19)12-8-20(27)24-13-15-5-3-10-23-16(15)14-24/h2,4-7,11,20,27H,3,8-10,12-14H2,1H3/b17-2+,18-7+. The Kier molecular flexibility index (Phi) is 5.28. The summed E-state index contributed by atoms with van der Waals surface area (Å²) in [6.07, 6.45) is 7.95. The maximum atomic E-state index is 13.2. The molecule has 6 nitrogen and oxygen atoms in total. The number of fused-ring (bicyclic) bond motifs is 2. The van der Waals surface area contributed by atoms with Crippen molar-refractivity contribution in [3.63, 3.8) is 0 Å². The summed E-state index contributed by atoms with van der Waals surface area (Å²) < 4.78 is 16.5. The lowest BCUT2D eigenvalue weighted by Gasteiger charge is -2.22. The van der Waals surface area contributed by atoms with Crippen molar-refractivity contribution in [2.45, 2.75) is 32.5 Å². The number of nitrogens with zero attached hydrogens (tertiary/aromatic N) is 4. The van der Waals surface area contributed by atoms with Crippen molar-refractivity contribution in [1.82, 2.24) is 13.9 Å². The molecular weight excluding hydrogens is 359 g/mol. The topological polar surface area (TPSA) is 62.2 Å². The summed E-state index contributed by atoms with van der Waals surface area (Å²) in [4.78, 5) is 19.5. The summed E-state index contributed by atoms with van der Waals surface area (Å²) in [5.41, 5.74) is 2.63. The number of hydrogen-bond acceptors (Lipinski definition) is 4. The van der Waals surface area contributed by atoms with Gasteiger partial charge in [0.05, 0.1) is 16.4 Å². The highest BCUT2D eigenvalue weighted by Crippen LogP contribution is 2.20. The first kappa shape index (κ1) is 18.8. The second kappa shape index (κ2) is 7.85. The Hall–Kier alpha value is -2.51. The average Bonchev–Trinajstić information content (AvgIpc) is 3.35. The summed E-state index contributed by atoms with van der Waals surface area (Å²) in [5, 5.41) is 12.0. The highest BCUT2D eigenvalue weighted by molar-refractivity contribution is 6.04. The summed E-state index contributed by atoms with van der Waals surface area (Å²) in [5.74, 6) is 0. The second-order valence-corrected chi connectivity index (χ2v) is 7.16. The third-order valence-electron chi connectivity index (χ3n) is 5.52. The van der Waals surface area contributed by atoms with E-state index in [0.717, 1.165) is 24.0 Å². The van der Waals surface area contributed by atoms with E-state index in [4.69, 9.17) is 0 Å². The van der Waals surface area contributed by atoms with Crippen molar-refractivity contribution in [1.29, 1.82) is 0 Å². The molecule has 0 amide bonds. The van der Waals surface area contributed by atoms with Crippen molar-refractivity contribution < 1.29 is 9.50 Å². The van der Waals surface area contributed by atoms with Gasteiger partial charge in [0.2, 0.25) is 0 Å². The van der Waals surface area contributed by atoms with Crippen LogP contribution in [0, 0.1) is 0 Å². The van der Waals surface area contributed by atoms with E-state index in [0.29, 0.717) is 36.9 Å². The van der Waals surface area contributed by atoms with Crippen LogP contribution in [0.3, 0.4) is 0 Å². The molecule has 2 aromatic rings. The van der Waals surface area contributed by atoms with Crippen LogP contribution in [-0.2, 0) is 6.54 Å². The van der Waals surface area contributed by atoms with Crippen molar-refractivity contribution in [3.8, 4) is 0 Å². The zero-order chi connectivity index (χ0) is 19.7. The fraction of sp³-hybridized carbons (Fsp3) is 0.429. The maximum absolute atomic E-state index is 13.2. The second-order valence-electron chi connectivity index (χ2n) is 7.16. The smallest absolute Gasteiger partial charge is 0.275 e. The van der Waals surface area contributed by atoms with Gasteiger partial charge in [0.1, 0.15) is 18.4 Å². The van der Waals surface area contributed by atoms with Gasteiger partial charge in [0, 0.05) is 38.8 Å². The molecule has 0 saturated carbocycles. The minimum absolute atomic E-state index is 0.176. The first-order valence-corrected chi connectivity index (χ1v) is 9.71. The predicted octanol–water partition coefficient (Wildman–Crippen LogP) is 0.447. The lowest BCUT2D eigenvalue weighted by atomic mass is 10.1. The van der Waals surface area contributed by atoms with Gasteiger partial charge < -0.3 is 14.1 Å². The monoisotopic (exact) mass is 384 g/mol. The molecule has 2 aliphatic rings. The molecule has 0 spiro atoms. The van der Waals surface area contributed by atoms with E-state index in [2.05, 4.69) is 11.1 Å². The van der Waals surface area contributed by atoms with Gasteiger partial charge in [-0.15, -0.1) is 0 Å². The van der Waals surface area contributed by atoms with Crippen LogP contribution in [0.1, 0.15) is 19.8 Å². The minimum Gasteiger partial charge on any atom is -0.378 e. The molecule has 1 atom stereocenters. The zero-order valence-corrected chi connectivity index (χ0v) is 16.0.